The Labute approximate surface area is 118 Å². The third kappa shape index (κ3) is 3.50. The zero-order valence-corrected chi connectivity index (χ0v) is 11.6. The first kappa shape index (κ1) is 14.4. The van der Waals surface area contributed by atoms with Gasteiger partial charge in [-0.05, 0) is 24.0 Å². The summed E-state index contributed by atoms with van der Waals surface area (Å²) in [4.78, 5) is 23.8. The summed E-state index contributed by atoms with van der Waals surface area (Å²) in [6.07, 6.45) is 1.58. The summed E-state index contributed by atoms with van der Waals surface area (Å²) in [5.41, 5.74) is 2.68. The maximum Gasteiger partial charge on any atom is 0.317 e. The molecule has 1 aliphatic rings. The van der Waals surface area contributed by atoms with Gasteiger partial charge in [0.1, 0.15) is 0 Å². The van der Waals surface area contributed by atoms with E-state index in [0.717, 1.165) is 6.42 Å². The van der Waals surface area contributed by atoms with Gasteiger partial charge in [0, 0.05) is 32.5 Å². The lowest BCUT2D eigenvalue weighted by atomic mass is 9.78. The molecule has 2 amide bonds. The molecule has 2 N–H and O–H groups in total. The standard InChI is InChI=1S/C15H20N2O3/c1-17(8-4-7-14(18)19)15(20)16-10-12-9-11-5-2-3-6-13(11)12/h2-3,5-6,12H,4,7-10H2,1H3,(H,16,20)(H,18,19). The van der Waals surface area contributed by atoms with Crippen molar-refractivity contribution in [2.75, 3.05) is 20.1 Å². The van der Waals surface area contributed by atoms with Crippen LogP contribution in [0.3, 0.4) is 0 Å². The number of carbonyl (C=O) groups is 2. The molecular weight excluding hydrogens is 256 g/mol. The summed E-state index contributed by atoms with van der Waals surface area (Å²) < 4.78 is 0. The van der Waals surface area contributed by atoms with Crippen LogP contribution in [0.4, 0.5) is 4.79 Å². The molecule has 0 saturated heterocycles. The first-order chi connectivity index (χ1) is 9.58. The highest BCUT2D eigenvalue weighted by Gasteiger charge is 2.25. The summed E-state index contributed by atoms with van der Waals surface area (Å²) in [5, 5.41) is 11.5. The largest absolute Gasteiger partial charge is 0.481 e. The number of urea groups is 1. The molecule has 0 aliphatic heterocycles. The number of aliphatic carboxylic acids is 1. The van der Waals surface area contributed by atoms with Crippen LogP contribution in [0.1, 0.15) is 29.9 Å². The molecule has 20 heavy (non-hydrogen) atoms. The first-order valence-corrected chi connectivity index (χ1v) is 6.86. The van der Waals surface area contributed by atoms with Crippen molar-refractivity contribution >= 4 is 12.0 Å². The Balaban J connectivity index is 1.69. The van der Waals surface area contributed by atoms with Crippen molar-refractivity contribution < 1.29 is 14.7 Å². The van der Waals surface area contributed by atoms with Crippen molar-refractivity contribution in [3.8, 4) is 0 Å². The minimum absolute atomic E-state index is 0.0909. The van der Waals surface area contributed by atoms with Gasteiger partial charge >= 0.3 is 12.0 Å². The van der Waals surface area contributed by atoms with Gasteiger partial charge in [0.15, 0.2) is 0 Å². The second kappa shape index (κ2) is 6.41. The van der Waals surface area contributed by atoms with Gasteiger partial charge in [-0.25, -0.2) is 4.79 Å². The van der Waals surface area contributed by atoms with E-state index in [9.17, 15) is 9.59 Å². The van der Waals surface area contributed by atoms with Crippen LogP contribution in [-0.4, -0.2) is 42.1 Å². The molecule has 1 aromatic carbocycles. The number of carboxylic acids is 1. The molecule has 1 aliphatic carbocycles. The summed E-state index contributed by atoms with van der Waals surface area (Å²) in [6.45, 7) is 1.10. The molecule has 2 rings (SSSR count). The number of nitrogens with zero attached hydrogens (tertiary/aromatic N) is 1. The molecule has 0 spiro atoms. The predicted molar refractivity (Wildman–Crippen MR) is 75.8 cm³/mol. The van der Waals surface area contributed by atoms with Crippen LogP contribution in [0.15, 0.2) is 24.3 Å². The monoisotopic (exact) mass is 276 g/mol. The predicted octanol–water partition coefficient (Wildman–Crippen LogP) is 1.83. The molecular formula is C15H20N2O3. The Morgan fingerprint density at radius 3 is 2.85 bits per heavy atom. The van der Waals surface area contributed by atoms with Crippen molar-refractivity contribution in [1.82, 2.24) is 10.2 Å². The van der Waals surface area contributed by atoms with E-state index in [1.807, 2.05) is 12.1 Å². The average molecular weight is 276 g/mol. The minimum Gasteiger partial charge on any atom is -0.481 e. The van der Waals surface area contributed by atoms with Crippen molar-refractivity contribution in [1.29, 1.82) is 0 Å². The van der Waals surface area contributed by atoms with Crippen LogP contribution in [0, 0.1) is 0 Å². The molecule has 108 valence electrons. The number of fused-ring (bicyclic) bond motifs is 1. The fourth-order valence-corrected chi connectivity index (χ4v) is 2.46. The molecule has 5 heteroatoms. The summed E-state index contributed by atoms with van der Waals surface area (Å²) in [5.74, 6) is -0.424. The highest BCUT2D eigenvalue weighted by atomic mass is 16.4. The highest BCUT2D eigenvalue weighted by Crippen LogP contribution is 2.33. The van der Waals surface area contributed by atoms with E-state index in [0.29, 0.717) is 25.4 Å². The Bertz CT molecular complexity index is 502. The van der Waals surface area contributed by atoms with Gasteiger partial charge in [-0.2, -0.15) is 0 Å². The zero-order chi connectivity index (χ0) is 14.5. The lowest BCUT2D eigenvalue weighted by Crippen LogP contribution is -2.41. The number of carbonyl (C=O) groups excluding carboxylic acids is 1. The van der Waals surface area contributed by atoms with E-state index < -0.39 is 5.97 Å². The van der Waals surface area contributed by atoms with Gasteiger partial charge in [-0.1, -0.05) is 24.3 Å². The van der Waals surface area contributed by atoms with Gasteiger partial charge in [0.25, 0.3) is 0 Å². The number of hydrogen-bond acceptors (Lipinski definition) is 2. The van der Waals surface area contributed by atoms with E-state index >= 15 is 0 Å². The fraction of sp³-hybridized carbons (Fsp3) is 0.467. The summed E-state index contributed by atoms with van der Waals surface area (Å²) in [7, 11) is 1.69. The van der Waals surface area contributed by atoms with E-state index in [-0.39, 0.29) is 12.5 Å². The van der Waals surface area contributed by atoms with Crippen LogP contribution in [0.5, 0.6) is 0 Å². The number of carboxylic acid groups (broad SMARTS) is 1. The molecule has 0 aromatic heterocycles. The molecule has 0 fully saturated rings. The van der Waals surface area contributed by atoms with Crippen molar-refractivity contribution in [3.05, 3.63) is 35.4 Å². The van der Waals surface area contributed by atoms with Gasteiger partial charge in [-0.15, -0.1) is 0 Å². The maximum absolute atomic E-state index is 11.8. The fourth-order valence-electron chi connectivity index (χ4n) is 2.46. The summed E-state index contributed by atoms with van der Waals surface area (Å²) in [6, 6.07) is 8.13. The molecule has 0 saturated carbocycles. The molecule has 1 aromatic rings. The smallest absolute Gasteiger partial charge is 0.317 e. The lowest BCUT2D eigenvalue weighted by Gasteiger charge is -2.30. The lowest BCUT2D eigenvalue weighted by molar-refractivity contribution is -0.137. The van der Waals surface area contributed by atoms with Crippen LogP contribution in [-0.2, 0) is 11.2 Å². The third-order valence-electron chi connectivity index (χ3n) is 3.69. The van der Waals surface area contributed by atoms with Gasteiger partial charge < -0.3 is 15.3 Å². The zero-order valence-electron chi connectivity index (χ0n) is 11.6. The van der Waals surface area contributed by atoms with Crippen LogP contribution in [0.25, 0.3) is 0 Å². The number of amides is 2. The highest BCUT2D eigenvalue weighted by molar-refractivity contribution is 5.74. The topological polar surface area (TPSA) is 69.6 Å². The second-order valence-corrected chi connectivity index (χ2v) is 5.20. The Hall–Kier alpha value is -2.04. The molecule has 1 atom stereocenters. The van der Waals surface area contributed by atoms with Crippen molar-refractivity contribution in [2.24, 2.45) is 0 Å². The van der Waals surface area contributed by atoms with Crippen LogP contribution >= 0.6 is 0 Å². The maximum atomic E-state index is 11.8. The van der Waals surface area contributed by atoms with E-state index in [1.165, 1.54) is 16.0 Å². The number of hydrogen-bond donors (Lipinski definition) is 2. The minimum atomic E-state index is -0.829. The van der Waals surface area contributed by atoms with Crippen LogP contribution < -0.4 is 5.32 Å². The second-order valence-electron chi connectivity index (χ2n) is 5.20. The van der Waals surface area contributed by atoms with E-state index in [1.54, 1.807) is 7.05 Å². The van der Waals surface area contributed by atoms with Gasteiger partial charge in [-0.3, -0.25) is 4.79 Å². The van der Waals surface area contributed by atoms with Gasteiger partial charge in [0.05, 0.1) is 0 Å². The Kier molecular flexibility index (Phi) is 4.61. The Morgan fingerprint density at radius 1 is 1.40 bits per heavy atom. The number of rotatable bonds is 6. The van der Waals surface area contributed by atoms with Crippen molar-refractivity contribution in [3.63, 3.8) is 0 Å². The quantitative estimate of drug-likeness (QED) is 0.833. The van der Waals surface area contributed by atoms with E-state index in [4.69, 9.17) is 5.11 Å². The average Bonchev–Trinajstić information content (AvgIpc) is 2.39. The van der Waals surface area contributed by atoms with Crippen LogP contribution in [0.2, 0.25) is 0 Å². The molecule has 0 radical (unpaired) electrons. The molecule has 0 bridgehead atoms. The van der Waals surface area contributed by atoms with Gasteiger partial charge in [0.2, 0.25) is 0 Å². The first-order valence-electron chi connectivity index (χ1n) is 6.86. The summed E-state index contributed by atoms with van der Waals surface area (Å²) >= 11 is 0. The van der Waals surface area contributed by atoms with E-state index in [2.05, 4.69) is 17.4 Å². The Morgan fingerprint density at radius 2 is 2.15 bits per heavy atom. The molecule has 5 nitrogen and oxygen atoms in total. The molecule has 1 unspecified atom stereocenters. The SMILES string of the molecule is CN(CCCC(=O)O)C(=O)NCC1Cc2ccccc21. The molecule has 0 heterocycles. The number of nitrogens with one attached hydrogen (secondary N) is 1. The van der Waals surface area contributed by atoms with Crippen molar-refractivity contribution in [2.45, 2.75) is 25.2 Å². The third-order valence-corrected chi connectivity index (χ3v) is 3.69. The number of benzene rings is 1. The normalized spacial score (nSPS) is 15.9.